The minimum absolute atomic E-state index is 1.02. The Bertz CT molecular complexity index is 534. The van der Waals surface area contributed by atoms with Gasteiger partial charge in [-0.2, -0.15) is 0 Å². The fourth-order valence-electron chi connectivity index (χ4n) is 2.44. The van der Waals surface area contributed by atoms with Crippen LogP contribution in [0.1, 0.15) is 5.56 Å². The summed E-state index contributed by atoms with van der Waals surface area (Å²) in [6, 6.07) is 17.3. The Labute approximate surface area is 108 Å². The van der Waals surface area contributed by atoms with Gasteiger partial charge in [-0.05, 0) is 29.8 Å². The molecule has 0 unspecified atom stereocenters. The minimum Gasteiger partial charge on any atom is -0.383 e. The number of benzene rings is 2. The van der Waals surface area contributed by atoms with Crippen molar-refractivity contribution in [1.29, 1.82) is 0 Å². The van der Waals surface area contributed by atoms with Crippen LogP contribution in [0.25, 0.3) is 11.1 Å². The molecule has 92 valence electrons. The van der Waals surface area contributed by atoms with E-state index < -0.39 is 0 Å². The Morgan fingerprint density at radius 1 is 1.00 bits per heavy atom. The molecule has 0 aliphatic carbocycles. The van der Waals surface area contributed by atoms with E-state index in [0.29, 0.717) is 0 Å². The van der Waals surface area contributed by atoms with E-state index in [4.69, 9.17) is 0 Å². The number of anilines is 1. The van der Waals surface area contributed by atoms with Crippen LogP contribution >= 0.6 is 0 Å². The average Bonchev–Trinajstić information content (AvgIpc) is 2.59. The smallest absolute Gasteiger partial charge is 0.0392 e. The zero-order chi connectivity index (χ0) is 12.4. The first-order chi connectivity index (χ1) is 8.83. The maximum Gasteiger partial charge on any atom is 0.0392 e. The summed E-state index contributed by atoms with van der Waals surface area (Å²) in [5, 5.41) is 3.52. The van der Waals surface area contributed by atoms with Gasteiger partial charge in [0, 0.05) is 25.3 Å². The number of hydrogen-bond donors (Lipinski definition) is 1. The lowest BCUT2D eigenvalue weighted by Crippen LogP contribution is -2.20. The van der Waals surface area contributed by atoms with Crippen LogP contribution in [0.3, 0.4) is 0 Å². The van der Waals surface area contributed by atoms with E-state index in [1.807, 2.05) is 0 Å². The summed E-state index contributed by atoms with van der Waals surface area (Å²) in [7, 11) is 2.17. The Morgan fingerprint density at radius 2 is 1.83 bits per heavy atom. The zero-order valence-electron chi connectivity index (χ0n) is 10.7. The monoisotopic (exact) mass is 238 g/mol. The van der Waals surface area contributed by atoms with Gasteiger partial charge < -0.3 is 10.2 Å². The molecular weight excluding hydrogens is 220 g/mol. The molecule has 2 heteroatoms. The second-order valence-corrected chi connectivity index (χ2v) is 4.90. The zero-order valence-corrected chi connectivity index (χ0v) is 10.7. The van der Waals surface area contributed by atoms with E-state index in [9.17, 15) is 0 Å². The van der Waals surface area contributed by atoms with Crippen LogP contribution in [-0.2, 0) is 6.54 Å². The third kappa shape index (κ3) is 2.24. The summed E-state index contributed by atoms with van der Waals surface area (Å²) < 4.78 is 0. The molecule has 18 heavy (non-hydrogen) atoms. The topological polar surface area (TPSA) is 15.3 Å². The fourth-order valence-corrected chi connectivity index (χ4v) is 2.44. The van der Waals surface area contributed by atoms with E-state index in [-0.39, 0.29) is 0 Å². The number of nitrogens with one attached hydrogen (secondary N) is 1. The molecule has 3 rings (SSSR count). The molecule has 1 heterocycles. The van der Waals surface area contributed by atoms with Gasteiger partial charge in [0.25, 0.3) is 0 Å². The van der Waals surface area contributed by atoms with Gasteiger partial charge in [-0.1, -0.05) is 42.5 Å². The second-order valence-electron chi connectivity index (χ2n) is 4.90. The predicted octanol–water partition coefficient (Wildman–Crippen LogP) is 3.21. The summed E-state index contributed by atoms with van der Waals surface area (Å²) >= 11 is 0. The Balaban J connectivity index is 1.98. The molecule has 1 aliphatic heterocycles. The molecule has 0 saturated heterocycles. The molecule has 2 aromatic carbocycles. The molecule has 1 N–H and O–H groups in total. The molecule has 0 spiro atoms. The van der Waals surface area contributed by atoms with Crippen molar-refractivity contribution in [3.63, 3.8) is 0 Å². The van der Waals surface area contributed by atoms with Crippen molar-refractivity contribution < 1.29 is 0 Å². The summed E-state index contributed by atoms with van der Waals surface area (Å²) in [5.41, 5.74) is 5.22. The van der Waals surface area contributed by atoms with Crippen molar-refractivity contribution in [2.75, 3.05) is 25.5 Å². The van der Waals surface area contributed by atoms with Crippen LogP contribution in [0.5, 0.6) is 0 Å². The maximum absolute atomic E-state index is 3.52. The number of fused-ring (bicyclic) bond motifs is 1. The Morgan fingerprint density at radius 3 is 2.67 bits per heavy atom. The number of nitrogens with zero attached hydrogens (tertiary/aromatic N) is 1. The van der Waals surface area contributed by atoms with Crippen molar-refractivity contribution in [3.8, 4) is 11.1 Å². The highest BCUT2D eigenvalue weighted by Crippen LogP contribution is 2.27. The molecule has 2 aromatic rings. The molecule has 0 atom stereocenters. The maximum atomic E-state index is 3.52. The van der Waals surface area contributed by atoms with E-state index >= 15 is 0 Å². The molecule has 2 nitrogen and oxygen atoms in total. The van der Waals surface area contributed by atoms with Gasteiger partial charge in [-0.3, -0.25) is 0 Å². The summed E-state index contributed by atoms with van der Waals surface area (Å²) in [5.74, 6) is 0. The van der Waals surface area contributed by atoms with Crippen LogP contribution in [0.2, 0.25) is 0 Å². The quantitative estimate of drug-likeness (QED) is 0.820. The summed E-state index contributed by atoms with van der Waals surface area (Å²) in [6.07, 6.45) is 0. The first-order valence-corrected chi connectivity index (χ1v) is 6.44. The van der Waals surface area contributed by atoms with Gasteiger partial charge in [-0.25, -0.2) is 0 Å². The van der Waals surface area contributed by atoms with Gasteiger partial charge in [0.2, 0.25) is 0 Å². The van der Waals surface area contributed by atoms with Gasteiger partial charge in [0.15, 0.2) is 0 Å². The molecule has 1 aliphatic rings. The fraction of sp³-hybridized carbons (Fsp3) is 0.250. The van der Waals surface area contributed by atoms with Crippen LogP contribution in [0.15, 0.2) is 48.5 Å². The molecule has 0 saturated carbocycles. The lowest BCUT2D eigenvalue weighted by atomic mass is 10.0. The molecule has 0 bridgehead atoms. The van der Waals surface area contributed by atoms with E-state index in [2.05, 4.69) is 65.8 Å². The number of rotatable bonds is 1. The van der Waals surface area contributed by atoms with Gasteiger partial charge in [0.1, 0.15) is 0 Å². The number of likely N-dealkylation sites (N-methyl/N-ethyl adjacent to an activating group) is 1. The highest BCUT2D eigenvalue weighted by Gasteiger charge is 2.11. The van der Waals surface area contributed by atoms with Gasteiger partial charge >= 0.3 is 0 Å². The highest BCUT2D eigenvalue weighted by molar-refractivity contribution is 5.70. The summed E-state index contributed by atoms with van der Waals surface area (Å²) in [4.78, 5) is 2.35. The van der Waals surface area contributed by atoms with Gasteiger partial charge in [-0.15, -0.1) is 0 Å². The largest absolute Gasteiger partial charge is 0.383 e. The molecular formula is C16H18N2. The van der Waals surface area contributed by atoms with Crippen molar-refractivity contribution in [2.24, 2.45) is 0 Å². The van der Waals surface area contributed by atoms with Crippen LogP contribution in [0, 0.1) is 0 Å². The first-order valence-electron chi connectivity index (χ1n) is 6.44. The Kier molecular flexibility index (Phi) is 3.03. The van der Waals surface area contributed by atoms with E-state index in [1.165, 1.54) is 22.4 Å². The predicted molar refractivity (Wildman–Crippen MR) is 76.7 cm³/mol. The van der Waals surface area contributed by atoms with Crippen molar-refractivity contribution in [1.82, 2.24) is 4.90 Å². The summed E-state index contributed by atoms with van der Waals surface area (Å²) in [6.45, 7) is 3.13. The molecule has 0 fully saturated rings. The third-order valence-corrected chi connectivity index (χ3v) is 3.47. The molecule has 0 radical (unpaired) electrons. The third-order valence-electron chi connectivity index (χ3n) is 3.47. The molecule has 0 amide bonds. The normalized spacial score (nSPS) is 15.6. The SMILES string of the molecule is CN1CCNc2cc(-c3ccccc3)ccc2C1. The first kappa shape index (κ1) is 11.3. The number of hydrogen-bond acceptors (Lipinski definition) is 2. The van der Waals surface area contributed by atoms with Gasteiger partial charge in [0.05, 0.1) is 0 Å². The van der Waals surface area contributed by atoms with Crippen LogP contribution in [-0.4, -0.2) is 25.0 Å². The minimum atomic E-state index is 1.02. The van der Waals surface area contributed by atoms with Crippen molar-refractivity contribution in [3.05, 3.63) is 54.1 Å². The standard InChI is InChI=1S/C16H18N2/c1-18-10-9-17-16-11-14(7-8-15(16)12-18)13-5-3-2-4-6-13/h2-8,11,17H,9-10,12H2,1H3. The van der Waals surface area contributed by atoms with Crippen LogP contribution < -0.4 is 5.32 Å². The lowest BCUT2D eigenvalue weighted by Gasteiger charge is -2.13. The van der Waals surface area contributed by atoms with Crippen LogP contribution in [0.4, 0.5) is 5.69 Å². The second kappa shape index (κ2) is 4.83. The lowest BCUT2D eigenvalue weighted by molar-refractivity contribution is 0.346. The van der Waals surface area contributed by atoms with E-state index in [1.54, 1.807) is 0 Å². The average molecular weight is 238 g/mol. The molecule has 0 aromatic heterocycles. The van der Waals surface area contributed by atoms with Crippen molar-refractivity contribution in [2.45, 2.75) is 6.54 Å². The van der Waals surface area contributed by atoms with E-state index in [0.717, 1.165) is 19.6 Å². The van der Waals surface area contributed by atoms with Crippen molar-refractivity contribution >= 4 is 5.69 Å². The Hall–Kier alpha value is -1.80. The highest BCUT2D eigenvalue weighted by atomic mass is 15.1.